The smallest absolute Gasteiger partial charge is 0.224 e. The van der Waals surface area contributed by atoms with E-state index >= 15 is 0 Å². The molecule has 80 valence electrons. The molecule has 3 aromatic rings. The van der Waals surface area contributed by atoms with Gasteiger partial charge < -0.3 is 0 Å². The van der Waals surface area contributed by atoms with Crippen molar-refractivity contribution in [1.29, 1.82) is 0 Å². The highest BCUT2D eigenvalue weighted by Gasteiger charge is 2.12. The highest BCUT2D eigenvalue weighted by Crippen LogP contribution is 2.33. The zero-order valence-corrected chi connectivity index (χ0v) is 10.7. The number of halogens is 3. The van der Waals surface area contributed by atoms with Gasteiger partial charge in [0, 0.05) is 9.86 Å². The molecule has 2 aromatic heterocycles. The number of rotatable bonds is 0. The number of fused-ring (bicyclic) bond motifs is 3. The molecule has 0 aliphatic rings. The van der Waals surface area contributed by atoms with E-state index in [-0.39, 0.29) is 5.28 Å². The summed E-state index contributed by atoms with van der Waals surface area (Å²) >= 11 is 15.2. The van der Waals surface area contributed by atoms with E-state index in [4.69, 9.17) is 23.2 Å². The molecule has 0 aliphatic heterocycles. The van der Waals surface area contributed by atoms with E-state index in [0.29, 0.717) is 10.7 Å². The second-order valence-corrected chi connectivity index (χ2v) is 4.75. The van der Waals surface area contributed by atoms with E-state index in [0.717, 1.165) is 20.8 Å². The molecular formula is C9H3BrCl2N4. The summed E-state index contributed by atoms with van der Waals surface area (Å²) in [6.45, 7) is 0. The molecule has 1 aromatic carbocycles. The average Bonchev–Trinajstić information content (AvgIpc) is 2.65. The van der Waals surface area contributed by atoms with E-state index in [1.165, 1.54) is 0 Å². The predicted octanol–water partition coefficient (Wildman–Crippen LogP) is 3.58. The fourth-order valence-corrected chi connectivity index (χ4v) is 2.62. The molecular weight excluding hydrogens is 315 g/mol. The van der Waals surface area contributed by atoms with Crippen molar-refractivity contribution in [2.45, 2.75) is 0 Å². The lowest BCUT2D eigenvalue weighted by molar-refractivity contribution is 1.12. The monoisotopic (exact) mass is 316 g/mol. The molecule has 0 saturated heterocycles. The van der Waals surface area contributed by atoms with Gasteiger partial charge >= 0.3 is 0 Å². The van der Waals surface area contributed by atoms with Crippen molar-refractivity contribution in [2.75, 3.05) is 0 Å². The van der Waals surface area contributed by atoms with Crippen LogP contribution in [-0.4, -0.2) is 20.2 Å². The van der Waals surface area contributed by atoms with Crippen molar-refractivity contribution < 1.29 is 0 Å². The summed E-state index contributed by atoms with van der Waals surface area (Å²) in [6, 6.07) is 1.84. The number of benzene rings is 1. The summed E-state index contributed by atoms with van der Waals surface area (Å²) in [5.74, 6) is 0. The number of aromatic amines is 1. The van der Waals surface area contributed by atoms with Gasteiger partial charge in [0.2, 0.25) is 5.28 Å². The molecule has 0 saturated carbocycles. The molecule has 0 atom stereocenters. The fraction of sp³-hybridized carbons (Fsp3) is 0. The second-order valence-electron chi connectivity index (χ2n) is 3.19. The number of H-pyrrole nitrogens is 1. The molecule has 4 nitrogen and oxygen atoms in total. The van der Waals surface area contributed by atoms with Crippen LogP contribution in [0.1, 0.15) is 0 Å². The van der Waals surface area contributed by atoms with Crippen LogP contribution >= 0.6 is 39.1 Å². The minimum absolute atomic E-state index is 0.128. The zero-order chi connectivity index (χ0) is 11.3. The van der Waals surface area contributed by atoms with Gasteiger partial charge in [-0.15, -0.1) is 0 Å². The number of nitrogens with one attached hydrogen (secondary N) is 1. The molecule has 0 spiro atoms. The number of hydrogen-bond acceptors (Lipinski definition) is 3. The first-order valence-corrected chi connectivity index (χ1v) is 5.86. The van der Waals surface area contributed by atoms with Gasteiger partial charge in [-0.05, 0) is 33.6 Å². The van der Waals surface area contributed by atoms with E-state index in [2.05, 4.69) is 36.1 Å². The summed E-state index contributed by atoms with van der Waals surface area (Å²) < 4.78 is 0.884. The maximum atomic E-state index is 6.05. The van der Waals surface area contributed by atoms with Gasteiger partial charge in [0.25, 0.3) is 0 Å². The summed E-state index contributed by atoms with van der Waals surface area (Å²) in [5.41, 5.74) is 1.47. The minimum Gasteiger partial charge on any atom is -0.277 e. The minimum atomic E-state index is 0.128. The van der Waals surface area contributed by atoms with Gasteiger partial charge in [-0.3, -0.25) is 5.10 Å². The van der Waals surface area contributed by atoms with Crippen LogP contribution in [0.15, 0.2) is 16.7 Å². The summed E-state index contributed by atoms with van der Waals surface area (Å²) in [6.07, 6.45) is 1.71. The standard InChI is InChI=1S/C9H3BrCl2N4/c10-4-1-5-6(7-3(4)2-13-16-7)8(11)15-9(12)14-5/h1-2H,(H,13,16). The van der Waals surface area contributed by atoms with Crippen molar-refractivity contribution in [3.63, 3.8) is 0 Å². The van der Waals surface area contributed by atoms with Gasteiger partial charge in [0.1, 0.15) is 5.15 Å². The van der Waals surface area contributed by atoms with Crippen LogP contribution in [-0.2, 0) is 0 Å². The third-order valence-electron chi connectivity index (χ3n) is 2.28. The van der Waals surface area contributed by atoms with Crippen molar-refractivity contribution in [1.82, 2.24) is 20.2 Å². The van der Waals surface area contributed by atoms with Crippen LogP contribution in [0.4, 0.5) is 0 Å². The maximum absolute atomic E-state index is 6.05. The van der Waals surface area contributed by atoms with Crippen LogP contribution < -0.4 is 0 Å². The highest BCUT2D eigenvalue weighted by molar-refractivity contribution is 9.10. The Morgan fingerprint density at radius 3 is 2.88 bits per heavy atom. The first-order chi connectivity index (χ1) is 7.66. The van der Waals surface area contributed by atoms with Gasteiger partial charge in [-0.25, -0.2) is 9.97 Å². The number of aromatic nitrogens is 4. The predicted molar refractivity (Wildman–Crippen MR) is 66.9 cm³/mol. The summed E-state index contributed by atoms with van der Waals surface area (Å²) in [5, 5.41) is 8.95. The average molecular weight is 318 g/mol. The van der Waals surface area contributed by atoms with Gasteiger partial charge in [0.15, 0.2) is 0 Å². The van der Waals surface area contributed by atoms with E-state index < -0.39 is 0 Å². The fourth-order valence-electron chi connectivity index (χ4n) is 1.61. The molecule has 1 N–H and O–H groups in total. The van der Waals surface area contributed by atoms with E-state index in [1.807, 2.05) is 6.07 Å². The molecule has 0 radical (unpaired) electrons. The Bertz CT molecular complexity index is 709. The Morgan fingerprint density at radius 1 is 1.25 bits per heavy atom. The molecule has 0 aliphatic carbocycles. The Balaban J connectivity index is 2.64. The normalized spacial score (nSPS) is 11.4. The molecule has 3 rings (SSSR count). The highest BCUT2D eigenvalue weighted by atomic mass is 79.9. The lowest BCUT2D eigenvalue weighted by atomic mass is 10.2. The van der Waals surface area contributed by atoms with Crippen LogP contribution in [0, 0.1) is 0 Å². The molecule has 7 heteroatoms. The third kappa shape index (κ3) is 1.39. The van der Waals surface area contributed by atoms with Gasteiger partial charge in [-0.2, -0.15) is 5.10 Å². The van der Waals surface area contributed by atoms with E-state index in [1.54, 1.807) is 6.20 Å². The lowest BCUT2D eigenvalue weighted by Crippen LogP contribution is -1.88. The largest absolute Gasteiger partial charge is 0.277 e. The van der Waals surface area contributed by atoms with Crippen LogP contribution in [0.3, 0.4) is 0 Å². The molecule has 0 amide bonds. The second kappa shape index (κ2) is 3.55. The van der Waals surface area contributed by atoms with Gasteiger partial charge in [0.05, 0.1) is 22.6 Å². The van der Waals surface area contributed by atoms with Crippen LogP contribution in [0.2, 0.25) is 10.4 Å². The first-order valence-electron chi connectivity index (χ1n) is 4.31. The topological polar surface area (TPSA) is 54.5 Å². The maximum Gasteiger partial charge on any atom is 0.224 e. The Kier molecular flexibility index (Phi) is 2.27. The SMILES string of the molecule is Clc1nc(Cl)c2c(cc(Br)c3cn[nH]c32)n1. The quantitative estimate of drug-likeness (QED) is 0.509. The molecule has 16 heavy (non-hydrogen) atoms. The lowest BCUT2D eigenvalue weighted by Gasteiger charge is -2.02. The van der Waals surface area contributed by atoms with Crippen LogP contribution in [0.25, 0.3) is 21.8 Å². The van der Waals surface area contributed by atoms with Crippen molar-refractivity contribution in [3.05, 3.63) is 27.2 Å². The third-order valence-corrected chi connectivity index (χ3v) is 3.37. The Hall–Kier alpha value is -0.910. The van der Waals surface area contributed by atoms with Gasteiger partial charge in [-0.1, -0.05) is 11.6 Å². The summed E-state index contributed by atoms with van der Waals surface area (Å²) in [7, 11) is 0. The molecule has 2 heterocycles. The first kappa shape index (κ1) is 10.3. The van der Waals surface area contributed by atoms with Crippen molar-refractivity contribution in [3.8, 4) is 0 Å². The Morgan fingerprint density at radius 2 is 2.06 bits per heavy atom. The molecule has 0 unspecified atom stereocenters. The van der Waals surface area contributed by atoms with E-state index in [9.17, 15) is 0 Å². The number of nitrogens with zero attached hydrogens (tertiary/aromatic N) is 3. The number of hydrogen-bond donors (Lipinski definition) is 1. The van der Waals surface area contributed by atoms with Crippen LogP contribution in [0.5, 0.6) is 0 Å². The van der Waals surface area contributed by atoms with Crippen molar-refractivity contribution >= 4 is 60.9 Å². The summed E-state index contributed by atoms with van der Waals surface area (Å²) in [4.78, 5) is 8.04. The van der Waals surface area contributed by atoms with Crippen molar-refractivity contribution in [2.24, 2.45) is 0 Å². The molecule has 0 bridgehead atoms. The zero-order valence-electron chi connectivity index (χ0n) is 7.63. The Labute approximate surface area is 108 Å². The molecule has 0 fully saturated rings.